The Morgan fingerprint density at radius 1 is 1.25 bits per heavy atom. The number of benzene rings is 1. The van der Waals surface area contributed by atoms with E-state index in [1.165, 1.54) is 11.3 Å². The Morgan fingerprint density at radius 3 is 2.45 bits per heavy atom. The minimum Gasteiger partial charge on any atom is -0.292 e. The largest absolute Gasteiger partial charge is 0.292 e. The first kappa shape index (κ1) is 16.0. The number of Topliss-reactive ketones (excluding diaryl/α,β-unsaturated/α-hetero) is 1. The molecule has 1 aromatic carbocycles. The predicted octanol–water partition coefficient (Wildman–Crippen LogP) is 6.07. The number of carbonyl (C=O) groups excluding carboxylic acids is 1. The predicted molar refractivity (Wildman–Crippen MR) is 88.9 cm³/mol. The maximum atomic E-state index is 12.5. The van der Waals surface area contributed by atoms with E-state index in [1.807, 2.05) is 6.07 Å². The van der Waals surface area contributed by atoms with Crippen LogP contribution in [0.15, 0.2) is 31.8 Å². The van der Waals surface area contributed by atoms with E-state index in [2.05, 4.69) is 31.9 Å². The van der Waals surface area contributed by atoms with E-state index in [4.69, 9.17) is 23.2 Å². The molecule has 0 N–H and O–H groups in total. The second-order valence-corrected chi connectivity index (χ2v) is 8.40. The number of ketones is 1. The molecule has 0 fully saturated rings. The van der Waals surface area contributed by atoms with Gasteiger partial charge in [-0.25, -0.2) is 0 Å². The fraction of sp³-hybridized carbons (Fsp3) is 0.0769. The summed E-state index contributed by atoms with van der Waals surface area (Å²) in [4.78, 5) is 12.5. The average Bonchev–Trinajstić information content (AvgIpc) is 2.73. The summed E-state index contributed by atoms with van der Waals surface area (Å²) in [5, 5.41) is 10.0. The van der Waals surface area contributed by atoms with Crippen molar-refractivity contribution < 1.29 is 4.79 Å². The van der Waals surface area contributed by atoms with Crippen LogP contribution in [0.1, 0.15) is 21.8 Å². The molecule has 1 heterocycles. The number of nitriles is 1. The summed E-state index contributed by atoms with van der Waals surface area (Å²) in [5.41, 5.74) is 1.00. The van der Waals surface area contributed by atoms with Gasteiger partial charge in [-0.3, -0.25) is 4.79 Å². The quantitative estimate of drug-likeness (QED) is 0.529. The first-order valence-electron chi connectivity index (χ1n) is 5.27. The molecule has 0 radical (unpaired) electrons. The van der Waals surface area contributed by atoms with Gasteiger partial charge in [-0.2, -0.15) is 5.26 Å². The molecule has 0 saturated carbocycles. The van der Waals surface area contributed by atoms with Crippen LogP contribution in [-0.4, -0.2) is 5.78 Å². The second kappa shape index (κ2) is 6.59. The summed E-state index contributed by atoms with van der Waals surface area (Å²) in [5.74, 6) is -1.19. The molecule has 1 aromatic heterocycles. The van der Waals surface area contributed by atoms with E-state index in [0.29, 0.717) is 25.0 Å². The number of rotatable bonds is 3. The fourth-order valence-electron chi connectivity index (χ4n) is 1.64. The molecule has 2 aromatic rings. The zero-order valence-corrected chi connectivity index (χ0v) is 15.2. The van der Waals surface area contributed by atoms with Gasteiger partial charge in [0.05, 0.1) is 23.7 Å². The van der Waals surface area contributed by atoms with Crippen LogP contribution >= 0.6 is 66.4 Å². The van der Waals surface area contributed by atoms with Gasteiger partial charge in [-0.15, -0.1) is 11.3 Å². The zero-order valence-electron chi connectivity index (χ0n) is 9.66. The number of carbonyl (C=O) groups is 1. The summed E-state index contributed by atoms with van der Waals surface area (Å²) >= 11 is 19.8. The van der Waals surface area contributed by atoms with Crippen LogP contribution < -0.4 is 0 Å². The van der Waals surface area contributed by atoms with Gasteiger partial charge < -0.3 is 0 Å². The lowest BCUT2D eigenvalue weighted by Gasteiger charge is -2.09. The van der Waals surface area contributed by atoms with Crippen LogP contribution in [0.4, 0.5) is 0 Å². The molecule has 0 saturated heterocycles. The second-order valence-electron chi connectivity index (χ2n) is 3.84. The van der Waals surface area contributed by atoms with E-state index in [0.717, 1.165) is 3.79 Å². The normalized spacial score (nSPS) is 11.9. The van der Waals surface area contributed by atoms with E-state index in [1.54, 1.807) is 24.3 Å². The molecule has 0 aliphatic rings. The summed E-state index contributed by atoms with van der Waals surface area (Å²) < 4.78 is 1.51. The highest BCUT2D eigenvalue weighted by Crippen LogP contribution is 2.35. The third kappa shape index (κ3) is 3.26. The van der Waals surface area contributed by atoms with Crippen molar-refractivity contribution >= 4 is 72.2 Å². The third-order valence-corrected chi connectivity index (χ3v) is 5.67. The Balaban J connectivity index is 2.42. The van der Waals surface area contributed by atoms with Crippen LogP contribution in [0.5, 0.6) is 0 Å². The number of hydrogen-bond donors (Lipinski definition) is 0. The van der Waals surface area contributed by atoms with Crippen LogP contribution in [-0.2, 0) is 0 Å². The van der Waals surface area contributed by atoms with Crippen molar-refractivity contribution in [3.63, 3.8) is 0 Å². The molecule has 2 rings (SSSR count). The fourth-order valence-corrected chi connectivity index (χ4v) is 4.76. The SMILES string of the molecule is N#CC(C(=O)c1cc(Br)sc1Br)c1ccc(Cl)c(Cl)c1. The lowest BCUT2D eigenvalue weighted by atomic mass is 9.93. The van der Waals surface area contributed by atoms with Crippen LogP contribution in [0.25, 0.3) is 0 Å². The maximum Gasteiger partial charge on any atom is 0.186 e. The average molecular weight is 454 g/mol. The van der Waals surface area contributed by atoms with Gasteiger partial charge in [0.1, 0.15) is 5.92 Å². The van der Waals surface area contributed by atoms with E-state index in [-0.39, 0.29) is 5.78 Å². The molecule has 0 aliphatic heterocycles. The van der Waals surface area contributed by atoms with Gasteiger partial charge in [0, 0.05) is 5.56 Å². The molecule has 2 nitrogen and oxygen atoms in total. The molecule has 0 bridgehead atoms. The van der Waals surface area contributed by atoms with E-state index < -0.39 is 5.92 Å². The van der Waals surface area contributed by atoms with Crippen molar-refractivity contribution in [1.82, 2.24) is 0 Å². The van der Waals surface area contributed by atoms with Crippen molar-refractivity contribution in [2.45, 2.75) is 5.92 Å². The Kier molecular flexibility index (Phi) is 5.27. The summed E-state index contributed by atoms with van der Waals surface area (Å²) in [6.07, 6.45) is 0. The first-order valence-corrected chi connectivity index (χ1v) is 8.43. The molecule has 7 heteroatoms. The summed E-state index contributed by atoms with van der Waals surface area (Å²) in [6, 6.07) is 8.47. The molecule has 0 aliphatic carbocycles. The highest BCUT2D eigenvalue weighted by molar-refractivity contribution is 9.12. The summed E-state index contributed by atoms with van der Waals surface area (Å²) in [7, 11) is 0. The molecular formula is C13H5Br2Cl2NOS. The Bertz CT molecular complexity index is 724. The maximum absolute atomic E-state index is 12.5. The molecule has 0 amide bonds. The Hall–Kier alpha value is -0.380. The van der Waals surface area contributed by atoms with Gasteiger partial charge in [0.2, 0.25) is 0 Å². The minimum atomic E-state index is -0.914. The highest BCUT2D eigenvalue weighted by Gasteiger charge is 2.25. The van der Waals surface area contributed by atoms with Gasteiger partial charge in [-0.05, 0) is 55.6 Å². The lowest BCUT2D eigenvalue weighted by Crippen LogP contribution is -2.11. The van der Waals surface area contributed by atoms with Crippen molar-refractivity contribution in [3.05, 3.63) is 53.0 Å². The van der Waals surface area contributed by atoms with Crippen LogP contribution in [0, 0.1) is 11.3 Å². The van der Waals surface area contributed by atoms with Gasteiger partial charge in [-0.1, -0.05) is 29.3 Å². The number of halogens is 4. The zero-order chi connectivity index (χ0) is 14.9. The molecule has 20 heavy (non-hydrogen) atoms. The Labute approximate surface area is 146 Å². The lowest BCUT2D eigenvalue weighted by molar-refractivity contribution is 0.0978. The number of thiophene rings is 1. The van der Waals surface area contributed by atoms with E-state index >= 15 is 0 Å². The highest BCUT2D eigenvalue weighted by atomic mass is 79.9. The van der Waals surface area contributed by atoms with Crippen LogP contribution in [0.3, 0.4) is 0 Å². The molecule has 0 spiro atoms. The van der Waals surface area contributed by atoms with Gasteiger partial charge in [0.25, 0.3) is 0 Å². The number of nitrogens with zero attached hydrogens (tertiary/aromatic N) is 1. The minimum absolute atomic E-state index is 0.278. The third-order valence-electron chi connectivity index (χ3n) is 2.59. The number of hydrogen-bond acceptors (Lipinski definition) is 3. The Morgan fingerprint density at radius 2 is 1.95 bits per heavy atom. The molecular weight excluding hydrogens is 449 g/mol. The van der Waals surface area contributed by atoms with Crippen molar-refractivity contribution in [3.8, 4) is 6.07 Å². The van der Waals surface area contributed by atoms with Crippen molar-refractivity contribution in [2.75, 3.05) is 0 Å². The molecule has 1 atom stereocenters. The van der Waals surface area contributed by atoms with Gasteiger partial charge >= 0.3 is 0 Å². The standard InChI is InChI=1S/C13H5Br2Cl2NOS/c14-11-4-7(13(15)20-11)12(19)8(5-18)6-1-2-9(16)10(17)3-6/h1-4,8H. The van der Waals surface area contributed by atoms with Gasteiger partial charge in [0.15, 0.2) is 5.78 Å². The van der Waals surface area contributed by atoms with E-state index in [9.17, 15) is 10.1 Å². The first-order chi connectivity index (χ1) is 9.43. The van der Waals surface area contributed by atoms with Crippen LogP contribution in [0.2, 0.25) is 10.0 Å². The molecule has 102 valence electrons. The smallest absolute Gasteiger partial charge is 0.186 e. The molecule has 1 unspecified atom stereocenters. The summed E-state index contributed by atoms with van der Waals surface area (Å²) in [6.45, 7) is 0. The monoisotopic (exact) mass is 451 g/mol. The van der Waals surface area contributed by atoms with Crippen molar-refractivity contribution in [1.29, 1.82) is 5.26 Å². The van der Waals surface area contributed by atoms with Crippen molar-refractivity contribution in [2.24, 2.45) is 0 Å². The topological polar surface area (TPSA) is 40.9 Å².